The van der Waals surface area contributed by atoms with Crippen molar-refractivity contribution in [3.8, 4) is 0 Å². The van der Waals surface area contributed by atoms with Gasteiger partial charge < -0.3 is 0 Å². The van der Waals surface area contributed by atoms with Crippen molar-refractivity contribution in [2.75, 3.05) is 0 Å². The van der Waals surface area contributed by atoms with E-state index >= 15 is 0 Å². The third kappa shape index (κ3) is 4.95. The van der Waals surface area contributed by atoms with Gasteiger partial charge in [0.2, 0.25) is 0 Å². The molecule has 0 atom stereocenters. The van der Waals surface area contributed by atoms with Crippen LogP contribution in [0.4, 0.5) is 11.4 Å². The molecule has 0 fully saturated rings. The van der Waals surface area contributed by atoms with Gasteiger partial charge in [-0.15, -0.1) is 0 Å². The zero-order chi connectivity index (χ0) is 20.6. The van der Waals surface area contributed by atoms with Crippen LogP contribution in [0.15, 0.2) is 36.4 Å². The molecule has 4 N–H and O–H groups in total. The maximum atomic E-state index is 11.3. The van der Waals surface area contributed by atoms with Gasteiger partial charge >= 0.3 is 156 Å². The Morgan fingerprint density at radius 2 is 1.07 bits per heavy atom. The summed E-state index contributed by atoms with van der Waals surface area (Å²) in [5.41, 5.74) is -1.36. The summed E-state index contributed by atoms with van der Waals surface area (Å²) >= 11 is -10.8. The monoisotopic (exact) mass is 506 g/mol. The van der Waals surface area contributed by atoms with Gasteiger partial charge in [-0.1, -0.05) is 0 Å². The molecule has 0 aromatic heterocycles. The Morgan fingerprint density at radius 1 is 0.741 bits per heavy atom. The first-order valence-corrected chi connectivity index (χ1v) is 13.7. The first kappa shape index (κ1) is 21.1. The van der Waals surface area contributed by atoms with Crippen LogP contribution in [0, 0.1) is 20.2 Å². The van der Waals surface area contributed by atoms with Gasteiger partial charge in [0.1, 0.15) is 0 Å². The van der Waals surface area contributed by atoms with Crippen molar-refractivity contribution in [2.45, 2.75) is 6.42 Å². The van der Waals surface area contributed by atoms with Crippen molar-refractivity contribution >= 4 is 48.4 Å². The molecule has 0 unspecified atom stereocenters. The predicted molar refractivity (Wildman–Crippen MR) is 90.0 cm³/mol. The quantitative estimate of drug-likeness (QED) is 0.197. The molecule has 144 valence electrons. The topological polar surface area (TPSA) is 201 Å². The summed E-state index contributed by atoms with van der Waals surface area (Å²) in [4.78, 5) is 20.7. The second-order valence-corrected chi connectivity index (χ2v) is 12.1. The first-order chi connectivity index (χ1) is 12.3. The summed E-state index contributed by atoms with van der Waals surface area (Å²) < 4.78 is 58.4. The molecule has 0 heterocycles. The van der Waals surface area contributed by atoms with Crippen molar-refractivity contribution in [2.24, 2.45) is 0 Å². The second kappa shape index (κ2) is 7.43. The van der Waals surface area contributed by atoms with Gasteiger partial charge in [0.25, 0.3) is 0 Å². The molecule has 0 spiro atoms. The van der Waals surface area contributed by atoms with Crippen molar-refractivity contribution in [3.05, 3.63) is 67.8 Å². The van der Waals surface area contributed by atoms with Crippen LogP contribution in [-0.2, 0) is 13.9 Å². The number of hydrogen-bond acceptors (Lipinski definition) is 6. The fourth-order valence-electron chi connectivity index (χ4n) is 2.31. The number of benzene rings is 2. The van der Waals surface area contributed by atoms with E-state index in [2.05, 4.69) is 0 Å². The van der Waals surface area contributed by atoms with Crippen LogP contribution in [0.2, 0.25) is 0 Å². The molecule has 2 aromatic rings. The molecular weight excluding hydrogens is 494 g/mol. The van der Waals surface area contributed by atoms with Crippen LogP contribution in [0.5, 0.6) is 0 Å². The van der Waals surface area contributed by atoms with Crippen molar-refractivity contribution in [3.63, 3.8) is 0 Å². The second-order valence-electron chi connectivity index (χ2n) is 5.41. The van der Waals surface area contributed by atoms with E-state index < -0.39 is 58.3 Å². The zero-order valence-corrected chi connectivity index (χ0v) is 17.0. The van der Waals surface area contributed by atoms with Crippen LogP contribution in [0.3, 0.4) is 0 Å². The molecule has 0 aliphatic heterocycles. The molecule has 2 aromatic carbocycles. The average Bonchev–Trinajstić information content (AvgIpc) is 2.53. The molecule has 2 rings (SSSR count). The standard InChI is InChI=1S/C13H12As2N2O10/c18-14(19,20)10-3-1-8(12(6-10)16(24)25)5-9-2-4-11(15(21,22)23)7-13(9)17(26)27/h1-4,6-7H,5H2,(H2,18,19,20)(H2,21,22,23). The summed E-state index contributed by atoms with van der Waals surface area (Å²) in [5, 5.41) is 22.4. The van der Waals surface area contributed by atoms with E-state index in [0.29, 0.717) is 12.1 Å². The zero-order valence-electron chi connectivity index (χ0n) is 13.2. The summed E-state index contributed by atoms with van der Waals surface area (Å²) in [7, 11) is 0. The minimum atomic E-state index is -5.38. The minimum absolute atomic E-state index is 0.0508. The van der Waals surface area contributed by atoms with Gasteiger partial charge in [-0.05, 0) is 0 Å². The summed E-state index contributed by atoms with van der Waals surface area (Å²) in [6, 6.07) is 5.60. The Bertz CT molecular complexity index is 944. The van der Waals surface area contributed by atoms with Crippen LogP contribution >= 0.6 is 0 Å². The Hall–Kier alpha value is -2.20. The molecule has 27 heavy (non-hydrogen) atoms. The van der Waals surface area contributed by atoms with E-state index in [1.165, 1.54) is 0 Å². The molecule has 0 saturated carbocycles. The number of hydrogen-bond donors (Lipinski definition) is 4. The van der Waals surface area contributed by atoms with Gasteiger partial charge in [-0.3, -0.25) is 0 Å². The summed E-state index contributed by atoms with van der Waals surface area (Å²) in [6.45, 7) is 0. The Balaban J connectivity index is 2.57. The van der Waals surface area contributed by atoms with E-state index in [1.807, 2.05) is 0 Å². The summed E-state index contributed by atoms with van der Waals surface area (Å²) in [5.74, 6) is 0. The van der Waals surface area contributed by atoms with Crippen molar-refractivity contribution in [1.82, 2.24) is 0 Å². The normalized spacial score (nSPS) is 12.0. The van der Waals surface area contributed by atoms with E-state index in [9.17, 15) is 44.1 Å². The van der Waals surface area contributed by atoms with Crippen LogP contribution < -0.4 is 8.70 Å². The average molecular weight is 506 g/mol. The van der Waals surface area contributed by atoms with Crippen molar-refractivity contribution in [1.29, 1.82) is 0 Å². The predicted octanol–water partition coefficient (Wildman–Crippen LogP) is -1.78. The first-order valence-electron chi connectivity index (χ1n) is 6.97. The van der Waals surface area contributed by atoms with E-state index in [-0.39, 0.29) is 17.5 Å². The van der Waals surface area contributed by atoms with Crippen LogP contribution in [-0.4, -0.2) is 54.6 Å². The third-order valence-corrected chi connectivity index (χ3v) is 7.57. The summed E-state index contributed by atoms with van der Waals surface area (Å²) in [6.07, 6.45) is -0.352. The molecule has 0 bridgehead atoms. The van der Waals surface area contributed by atoms with Gasteiger partial charge in [-0.2, -0.15) is 0 Å². The van der Waals surface area contributed by atoms with E-state index in [1.54, 1.807) is 0 Å². The third-order valence-electron chi connectivity index (χ3n) is 3.58. The number of nitro groups is 2. The molecule has 14 heteroatoms. The van der Waals surface area contributed by atoms with Gasteiger partial charge in [0.05, 0.1) is 0 Å². The maximum absolute atomic E-state index is 11.3. The number of nitrogens with zero attached hydrogens (tertiary/aromatic N) is 2. The Morgan fingerprint density at radius 3 is 1.33 bits per heavy atom. The van der Waals surface area contributed by atoms with Gasteiger partial charge in [-0.25, -0.2) is 0 Å². The fraction of sp³-hybridized carbons (Fsp3) is 0.0769. The number of nitro benzene ring substituents is 2. The molecule has 0 radical (unpaired) electrons. The van der Waals surface area contributed by atoms with E-state index in [4.69, 9.17) is 0 Å². The molecule has 12 nitrogen and oxygen atoms in total. The fourth-order valence-corrected chi connectivity index (χ4v) is 4.66. The van der Waals surface area contributed by atoms with E-state index in [0.717, 1.165) is 24.3 Å². The Labute approximate surface area is 156 Å². The molecule has 0 saturated heterocycles. The number of rotatable bonds is 6. The van der Waals surface area contributed by atoms with Crippen molar-refractivity contribution < 1.29 is 33.7 Å². The van der Waals surface area contributed by atoms with Gasteiger partial charge in [0, 0.05) is 0 Å². The van der Waals surface area contributed by atoms with Crippen LogP contribution in [0.1, 0.15) is 11.1 Å². The van der Waals surface area contributed by atoms with Crippen LogP contribution in [0.25, 0.3) is 0 Å². The Kier molecular flexibility index (Phi) is 5.81. The SMILES string of the molecule is O=[N+]([O-])c1cc([As](=O)(O)O)ccc1Cc1ccc([As](=O)(O)O)cc1[N+](=O)[O-]. The molecule has 0 aliphatic rings. The molecule has 0 amide bonds. The molecule has 0 aliphatic carbocycles. The van der Waals surface area contributed by atoms with Gasteiger partial charge in [0.15, 0.2) is 0 Å². The molecular formula is C13H12As2N2O10.